The summed E-state index contributed by atoms with van der Waals surface area (Å²) in [5.41, 5.74) is 0.276. The molecule has 2 rings (SSSR count). The van der Waals surface area contributed by atoms with Gasteiger partial charge in [0.15, 0.2) is 5.82 Å². The average molecular weight is 326 g/mol. The van der Waals surface area contributed by atoms with E-state index in [0.29, 0.717) is 0 Å². The second kappa shape index (κ2) is 6.57. The molecule has 1 aromatic heterocycles. The van der Waals surface area contributed by atoms with Crippen LogP contribution >= 0.6 is 11.6 Å². The van der Waals surface area contributed by atoms with Gasteiger partial charge >= 0.3 is 5.97 Å². The first-order valence-electron chi connectivity index (χ1n) is 6.39. The van der Waals surface area contributed by atoms with Crippen molar-refractivity contribution in [1.82, 2.24) is 9.78 Å². The van der Waals surface area contributed by atoms with Crippen molar-refractivity contribution in [2.24, 2.45) is 7.05 Å². The summed E-state index contributed by atoms with van der Waals surface area (Å²) >= 11 is 5.64. The van der Waals surface area contributed by atoms with E-state index in [2.05, 4.69) is 10.4 Å². The first-order valence-corrected chi connectivity index (χ1v) is 6.77. The van der Waals surface area contributed by atoms with Gasteiger partial charge in [0, 0.05) is 18.8 Å². The number of amides is 1. The number of carbonyl (C=O) groups excluding carboxylic acids is 2. The van der Waals surface area contributed by atoms with E-state index in [0.717, 1.165) is 6.07 Å². The molecule has 0 unspecified atom stereocenters. The Morgan fingerprint density at radius 3 is 2.82 bits per heavy atom. The second-order valence-electron chi connectivity index (χ2n) is 4.37. The largest absolute Gasteiger partial charge is 0.462 e. The zero-order valence-electron chi connectivity index (χ0n) is 11.9. The Bertz CT molecular complexity index is 730. The van der Waals surface area contributed by atoms with Crippen molar-refractivity contribution in [2.75, 3.05) is 11.9 Å². The number of anilines is 1. The summed E-state index contributed by atoms with van der Waals surface area (Å²) in [6.07, 6.45) is 1.44. The van der Waals surface area contributed by atoms with E-state index in [4.69, 9.17) is 16.3 Å². The summed E-state index contributed by atoms with van der Waals surface area (Å²) in [4.78, 5) is 23.9. The number of aryl methyl sites for hydroxylation is 1. The highest BCUT2D eigenvalue weighted by Gasteiger charge is 2.19. The Kier molecular flexibility index (Phi) is 4.77. The van der Waals surface area contributed by atoms with Crippen LogP contribution in [0.1, 0.15) is 27.6 Å². The van der Waals surface area contributed by atoms with Crippen molar-refractivity contribution in [1.29, 1.82) is 0 Å². The van der Waals surface area contributed by atoms with Gasteiger partial charge in [0.1, 0.15) is 11.4 Å². The van der Waals surface area contributed by atoms with Crippen LogP contribution in [0.2, 0.25) is 5.02 Å². The SMILES string of the molecule is CCOC(=O)c1cn(C)nc1NC(=O)c1ccc(F)c(Cl)c1. The molecule has 0 aliphatic heterocycles. The van der Waals surface area contributed by atoms with E-state index in [1.807, 2.05) is 0 Å². The van der Waals surface area contributed by atoms with E-state index in [1.165, 1.54) is 23.0 Å². The normalized spacial score (nSPS) is 10.4. The lowest BCUT2D eigenvalue weighted by Gasteiger charge is -2.05. The van der Waals surface area contributed by atoms with Gasteiger partial charge in [0.25, 0.3) is 5.91 Å². The Labute approximate surface area is 130 Å². The lowest BCUT2D eigenvalue weighted by molar-refractivity contribution is 0.0527. The maximum atomic E-state index is 13.1. The molecule has 22 heavy (non-hydrogen) atoms. The van der Waals surface area contributed by atoms with Gasteiger partial charge in [0.2, 0.25) is 0 Å². The number of halogens is 2. The highest BCUT2D eigenvalue weighted by atomic mass is 35.5. The molecule has 0 saturated carbocycles. The average Bonchev–Trinajstić information content (AvgIpc) is 2.83. The quantitative estimate of drug-likeness (QED) is 0.877. The Balaban J connectivity index is 2.24. The standard InChI is InChI=1S/C14H13ClFN3O3/c1-3-22-14(21)9-7-19(2)18-12(9)17-13(20)8-4-5-11(16)10(15)6-8/h4-7H,3H2,1-2H3,(H,17,18,20). The minimum absolute atomic E-state index is 0.0615. The Hall–Kier alpha value is -2.41. The zero-order valence-corrected chi connectivity index (χ0v) is 12.6. The fourth-order valence-electron chi connectivity index (χ4n) is 1.76. The maximum Gasteiger partial charge on any atom is 0.343 e. The summed E-state index contributed by atoms with van der Waals surface area (Å²) in [6, 6.07) is 3.56. The van der Waals surface area contributed by atoms with E-state index in [1.54, 1.807) is 14.0 Å². The number of hydrogen-bond donors (Lipinski definition) is 1. The predicted octanol–water partition coefficient (Wildman–Crippen LogP) is 2.64. The van der Waals surface area contributed by atoms with E-state index in [-0.39, 0.29) is 28.6 Å². The molecule has 1 aromatic carbocycles. The van der Waals surface area contributed by atoms with Crippen LogP contribution in [0, 0.1) is 5.82 Å². The highest BCUT2D eigenvalue weighted by molar-refractivity contribution is 6.31. The molecule has 0 fully saturated rings. The number of rotatable bonds is 4. The molecule has 2 aromatic rings. The van der Waals surface area contributed by atoms with Gasteiger partial charge in [-0.05, 0) is 25.1 Å². The summed E-state index contributed by atoms with van der Waals surface area (Å²) in [7, 11) is 1.60. The minimum atomic E-state index is -0.622. The van der Waals surface area contributed by atoms with Crippen molar-refractivity contribution >= 4 is 29.3 Å². The summed E-state index contributed by atoms with van der Waals surface area (Å²) in [6.45, 7) is 1.88. The first-order chi connectivity index (χ1) is 10.4. The van der Waals surface area contributed by atoms with Crippen molar-refractivity contribution < 1.29 is 18.7 Å². The first kappa shape index (κ1) is 16.0. The van der Waals surface area contributed by atoms with Gasteiger partial charge in [-0.25, -0.2) is 9.18 Å². The fourth-order valence-corrected chi connectivity index (χ4v) is 1.94. The van der Waals surface area contributed by atoms with Crippen LogP contribution < -0.4 is 5.32 Å². The molecule has 0 saturated heterocycles. The molecule has 0 aliphatic rings. The van der Waals surface area contributed by atoms with Crippen molar-refractivity contribution in [2.45, 2.75) is 6.92 Å². The molecule has 6 nitrogen and oxygen atoms in total. The Morgan fingerprint density at radius 2 is 2.18 bits per heavy atom. The van der Waals surface area contributed by atoms with E-state index in [9.17, 15) is 14.0 Å². The van der Waals surface area contributed by atoms with Gasteiger partial charge < -0.3 is 10.1 Å². The number of aromatic nitrogens is 2. The van der Waals surface area contributed by atoms with Crippen LogP contribution in [0.4, 0.5) is 10.2 Å². The molecule has 1 amide bonds. The molecular weight excluding hydrogens is 313 g/mol. The maximum absolute atomic E-state index is 13.1. The second-order valence-corrected chi connectivity index (χ2v) is 4.78. The number of nitrogens with zero attached hydrogens (tertiary/aromatic N) is 2. The van der Waals surface area contributed by atoms with Crippen LogP contribution in [0.25, 0.3) is 0 Å². The topological polar surface area (TPSA) is 73.2 Å². The molecule has 1 N–H and O–H groups in total. The third-order valence-electron chi connectivity index (χ3n) is 2.74. The van der Waals surface area contributed by atoms with Crippen molar-refractivity contribution in [3.05, 3.63) is 46.4 Å². The molecular formula is C14H13ClFN3O3. The van der Waals surface area contributed by atoms with E-state index >= 15 is 0 Å². The van der Waals surface area contributed by atoms with Gasteiger partial charge in [0.05, 0.1) is 11.6 Å². The highest BCUT2D eigenvalue weighted by Crippen LogP contribution is 2.19. The van der Waals surface area contributed by atoms with Crippen LogP contribution in [-0.2, 0) is 11.8 Å². The molecule has 0 bridgehead atoms. The lowest BCUT2D eigenvalue weighted by Crippen LogP contribution is -2.15. The minimum Gasteiger partial charge on any atom is -0.462 e. The number of hydrogen-bond acceptors (Lipinski definition) is 4. The van der Waals surface area contributed by atoms with Gasteiger partial charge in [-0.3, -0.25) is 9.48 Å². The lowest BCUT2D eigenvalue weighted by atomic mass is 10.2. The van der Waals surface area contributed by atoms with Gasteiger partial charge in [-0.1, -0.05) is 11.6 Å². The van der Waals surface area contributed by atoms with Crippen molar-refractivity contribution in [3.63, 3.8) is 0 Å². The van der Waals surface area contributed by atoms with Crippen LogP contribution in [0.5, 0.6) is 0 Å². The number of ether oxygens (including phenoxy) is 1. The van der Waals surface area contributed by atoms with Crippen LogP contribution in [0.3, 0.4) is 0 Å². The van der Waals surface area contributed by atoms with Gasteiger partial charge in [-0.2, -0.15) is 5.10 Å². The summed E-state index contributed by atoms with van der Waals surface area (Å²) in [5, 5.41) is 6.31. The number of nitrogens with one attached hydrogen (secondary N) is 1. The molecule has 116 valence electrons. The molecule has 8 heteroatoms. The molecule has 0 aliphatic carbocycles. The number of carbonyl (C=O) groups is 2. The monoisotopic (exact) mass is 325 g/mol. The smallest absolute Gasteiger partial charge is 0.343 e. The number of benzene rings is 1. The molecule has 0 spiro atoms. The zero-order chi connectivity index (χ0) is 16.3. The van der Waals surface area contributed by atoms with Crippen molar-refractivity contribution in [3.8, 4) is 0 Å². The third kappa shape index (κ3) is 3.43. The molecule has 0 atom stereocenters. The molecule has 0 radical (unpaired) electrons. The summed E-state index contributed by atoms with van der Waals surface area (Å²) in [5.74, 6) is -1.72. The van der Waals surface area contributed by atoms with E-state index < -0.39 is 17.7 Å². The van der Waals surface area contributed by atoms with Crippen LogP contribution in [0.15, 0.2) is 24.4 Å². The fraction of sp³-hybridized carbons (Fsp3) is 0.214. The number of esters is 1. The predicted molar refractivity (Wildman–Crippen MR) is 78.5 cm³/mol. The van der Waals surface area contributed by atoms with Crippen LogP contribution in [-0.4, -0.2) is 28.3 Å². The summed E-state index contributed by atoms with van der Waals surface area (Å²) < 4.78 is 19.4. The van der Waals surface area contributed by atoms with Gasteiger partial charge in [-0.15, -0.1) is 0 Å². The third-order valence-corrected chi connectivity index (χ3v) is 3.03. The molecule has 1 heterocycles. The Morgan fingerprint density at radius 1 is 1.45 bits per heavy atom.